The van der Waals surface area contributed by atoms with Gasteiger partial charge in [-0.05, 0) is 36.6 Å². The molecule has 1 N–H and O–H groups in total. The molecule has 0 radical (unpaired) electrons. The fourth-order valence-corrected chi connectivity index (χ4v) is 4.88. The van der Waals surface area contributed by atoms with Gasteiger partial charge in [-0.1, -0.05) is 61.2 Å². The van der Waals surface area contributed by atoms with Gasteiger partial charge in [-0.15, -0.1) is 10.2 Å². The molecule has 8 heteroatoms. The quantitative estimate of drug-likeness (QED) is 0.466. The molecule has 170 valence electrons. The SMILES string of the molecule is O=C(CCc1nnc2n(Cc3ccccc3Cl)c(=O)c3ccccc3n12)NC1CCCCC1. The molecule has 7 nitrogen and oxygen atoms in total. The molecule has 2 heterocycles. The summed E-state index contributed by atoms with van der Waals surface area (Å²) in [6.45, 7) is 0.285. The summed E-state index contributed by atoms with van der Waals surface area (Å²) in [5.74, 6) is 1.14. The summed E-state index contributed by atoms with van der Waals surface area (Å²) in [7, 11) is 0. The minimum atomic E-state index is -0.146. The topological polar surface area (TPSA) is 81.3 Å². The average molecular weight is 464 g/mol. The first-order valence-corrected chi connectivity index (χ1v) is 11.9. The van der Waals surface area contributed by atoms with E-state index in [9.17, 15) is 9.59 Å². The Balaban J connectivity index is 1.49. The van der Waals surface area contributed by atoms with Crippen LogP contribution in [0.1, 0.15) is 49.9 Å². The highest BCUT2D eigenvalue weighted by Gasteiger charge is 2.19. The van der Waals surface area contributed by atoms with Crippen LogP contribution in [0.25, 0.3) is 16.7 Å². The second-order valence-electron chi connectivity index (χ2n) is 8.65. The maximum atomic E-state index is 13.3. The van der Waals surface area contributed by atoms with Crippen molar-refractivity contribution in [3.8, 4) is 0 Å². The van der Waals surface area contributed by atoms with E-state index in [2.05, 4.69) is 15.5 Å². The largest absolute Gasteiger partial charge is 0.353 e. The minimum absolute atomic E-state index is 0.0346. The maximum absolute atomic E-state index is 13.3. The zero-order valence-corrected chi connectivity index (χ0v) is 19.1. The summed E-state index contributed by atoms with van der Waals surface area (Å²) in [6.07, 6.45) is 6.48. The second kappa shape index (κ2) is 9.35. The third-order valence-corrected chi connectivity index (χ3v) is 6.78. The third-order valence-electron chi connectivity index (χ3n) is 6.41. The van der Waals surface area contributed by atoms with Crippen molar-refractivity contribution in [2.45, 2.75) is 57.5 Å². The smallest absolute Gasteiger partial charge is 0.263 e. The van der Waals surface area contributed by atoms with Crippen LogP contribution in [-0.2, 0) is 17.8 Å². The van der Waals surface area contributed by atoms with Crippen LogP contribution in [-0.4, -0.2) is 31.1 Å². The van der Waals surface area contributed by atoms with E-state index in [1.165, 1.54) is 19.3 Å². The molecule has 1 saturated carbocycles. The number of carbonyl (C=O) groups is 1. The van der Waals surface area contributed by atoms with Gasteiger partial charge < -0.3 is 5.32 Å². The van der Waals surface area contributed by atoms with Crippen molar-refractivity contribution in [2.75, 3.05) is 0 Å². The highest BCUT2D eigenvalue weighted by Crippen LogP contribution is 2.20. The molecule has 4 aromatic rings. The Labute approximate surface area is 196 Å². The van der Waals surface area contributed by atoms with E-state index in [4.69, 9.17) is 11.6 Å². The Morgan fingerprint density at radius 1 is 1.03 bits per heavy atom. The number of nitrogens with zero attached hydrogens (tertiary/aromatic N) is 4. The number of aryl methyl sites for hydroxylation is 1. The van der Waals surface area contributed by atoms with Crippen LogP contribution in [0.3, 0.4) is 0 Å². The van der Waals surface area contributed by atoms with Crippen LogP contribution in [0, 0.1) is 0 Å². The number of rotatable bonds is 6. The Morgan fingerprint density at radius 3 is 2.61 bits per heavy atom. The number of halogens is 1. The Bertz CT molecular complexity index is 1370. The van der Waals surface area contributed by atoms with Gasteiger partial charge in [0.05, 0.1) is 17.4 Å². The number of fused-ring (bicyclic) bond motifs is 3. The first-order chi connectivity index (χ1) is 16.1. The molecule has 0 spiro atoms. The van der Waals surface area contributed by atoms with E-state index in [-0.39, 0.29) is 24.1 Å². The van der Waals surface area contributed by atoms with E-state index in [1.807, 2.05) is 40.8 Å². The Hall–Kier alpha value is -3.19. The summed E-state index contributed by atoms with van der Waals surface area (Å²) in [5.41, 5.74) is 1.42. The van der Waals surface area contributed by atoms with Crippen LogP contribution in [0.5, 0.6) is 0 Å². The lowest BCUT2D eigenvalue weighted by atomic mass is 9.95. The number of hydrogen-bond donors (Lipinski definition) is 1. The van der Waals surface area contributed by atoms with E-state index in [1.54, 1.807) is 16.7 Å². The third kappa shape index (κ3) is 4.37. The highest BCUT2D eigenvalue weighted by molar-refractivity contribution is 6.31. The van der Waals surface area contributed by atoms with Crippen LogP contribution in [0.4, 0.5) is 0 Å². The van der Waals surface area contributed by atoms with Crippen LogP contribution < -0.4 is 10.9 Å². The maximum Gasteiger partial charge on any atom is 0.263 e. The van der Waals surface area contributed by atoms with Gasteiger partial charge in [0.2, 0.25) is 11.7 Å². The van der Waals surface area contributed by atoms with Crippen molar-refractivity contribution in [1.29, 1.82) is 0 Å². The Morgan fingerprint density at radius 2 is 1.79 bits per heavy atom. The molecule has 0 bridgehead atoms. The molecule has 0 unspecified atom stereocenters. The van der Waals surface area contributed by atoms with Crippen molar-refractivity contribution in [1.82, 2.24) is 24.5 Å². The number of para-hydroxylation sites is 1. The van der Waals surface area contributed by atoms with Crippen molar-refractivity contribution < 1.29 is 4.79 Å². The summed E-state index contributed by atoms with van der Waals surface area (Å²) in [6, 6.07) is 15.2. The summed E-state index contributed by atoms with van der Waals surface area (Å²) in [4.78, 5) is 25.9. The zero-order chi connectivity index (χ0) is 22.8. The van der Waals surface area contributed by atoms with Crippen molar-refractivity contribution in [2.24, 2.45) is 0 Å². The van der Waals surface area contributed by atoms with Gasteiger partial charge >= 0.3 is 0 Å². The number of nitrogens with one attached hydrogen (secondary N) is 1. The average Bonchev–Trinajstić information content (AvgIpc) is 3.26. The normalized spacial score (nSPS) is 14.7. The van der Waals surface area contributed by atoms with E-state index in [0.717, 1.165) is 23.9 Å². The van der Waals surface area contributed by atoms with Gasteiger partial charge in [-0.2, -0.15) is 0 Å². The first-order valence-electron chi connectivity index (χ1n) is 11.5. The lowest BCUT2D eigenvalue weighted by molar-refractivity contribution is -0.122. The monoisotopic (exact) mass is 463 g/mol. The molecule has 33 heavy (non-hydrogen) atoms. The molecular weight excluding hydrogens is 438 g/mol. The lowest BCUT2D eigenvalue weighted by Gasteiger charge is -2.22. The number of amides is 1. The van der Waals surface area contributed by atoms with E-state index >= 15 is 0 Å². The molecule has 2 aromatic carbocycles. The first kappa shape index (κ1) is 21.6. The van der Waals surface area contributed by atoms with Gasteiger partial charge in [0.1, 0.15) is 5.82 Å². The van der Waals surface area contributed by atoms with Gasteiger partial charge in [-0.3, -0.25) is 18.6 Å². The zero-order valence-electron chi connectivity index (χ0n) is 18.3. The predicted molar refractivity (Wildman–Crippen MR) is 129 cm³/mol. The van der Waals surface area contributed by atoms with E-state index < -0.39 is 0 Å². The standard InChI is InChI=1S/C25H26ClN5O2/c26-20-12-6-4-8-17(20)16-30-24(33)19-11-5-7-13-21(19)31-22(28-29-25(30)31)14-15-23(32)27-18-9-2-1-3-10-18/h4-8,11-13,18H,1-3,9-10,14-16H2,(H,27,32). The van der Waals surface area contributed by atoms with Gasteiger partial charge in [0.25, 0.3) is 5.56 Å². The van der Waals surface area contributed by atoms with Crippen LogP contribution in [0.15, 0.2) is 53.3 Å². The van der Waals surface area contributed by atoms with Crippen LogP contribution in [0.2, 0.25) is 5.02 Å². The molecule has 2 aromatic heterocycles. The van der Waals surface area contributed by atoms with Crippen LogP contribution >= 0.6 is 11.6 Å². The lowest BCUT2D eigenvalue weighted by Crippen LogP contribution is -2.36. The highest BCUT2D eigenvalue weighted by atomic mass is 35.5. The minimum Gasteiger partial charge on any atom is -0.353 e. The number of carbonyl (C=O) groups excluding carboxylic acids is 1. The molecule has 1 fully saturated rings. The summed E-state index contributed by atoms with van der Waals surface area (Å²) in [5, 5.41) is 13.0. The number of benzene rings is 2. The Kier molecular flexibility index (Phi) is 6.13. The van der Waals surface area contributed by atoms with Gasteiger partial charge in [-0.25, -0.2) is 0 Å². The summed E-state index contributed by atoms with van der Waals surface area (Å²) < 4.78 is 3.49. The second-order valence-corrected chi connectivity index (χ2v) is 9.06. The number of aromatic nitrogens is 4. The molecule has 5 rings (SSSR count). The predicted octanol–water partition coefficient (Wildman–Crippen LogP) is 4.13. The summed E-state index contributed by atoms with van der Waals surface area (Å²) >= 11 is 6.36. The molecule has 1 aliphatic carbocycles. The molecular formula is C25H26ClN5O2. The van der Waals surface area contributed by atoms with Crippen molar-refractivity contribution in [3.63, 3.8) is 0 Å². The fourth-order valence-electron chi connectivity index (χ4n) is 4.69. The van der Waals surface area contributed by atoms with Crippen molar-refractivity contribution in [3.05, 3.63) is 75.3 Å². The van der Waals surface area contributed by atoms with E-state index in [0.29, 0.717) is 34.9 Å². The van der Waals surface area contributed by atoms with Crippen molar-refractivity contribution >= 4 is 34.2 Å². The van der Waals surface area contributed by atoms with Gasteiger partial charge in [0, 0.05) is 23.9 Å². The number of hydrogen-bond acceptors (Lipinski definition) is 4. The molecule has 0 atom stereocenters. The molecule has 0 saturated heterocycles. The fraction of sp³-hybridized carbons (Fsp3) is 0.360. The van der Waals surface area contributed by atoms with Gasteiger partial charge in [0.15, 0.2) is 0 Å². The molecule has 1 amide bonds. The molecule has 1 aliphatic rings. The molecule has 0 aliphatic heterocycles.